The van der Waals surface area contributed by atoms with Gasteiger partial charge in [-0.25, -0.2) is 0 Å². The number of rotatable bonds is 8. The van der Waals surface area contributed by atoms with Crippen molar-refractivity contribution in [2.45, 2.75) is 32.7 Å². The third kappa shape index (κ3) is 4.92. The van der Waals surface area contributed by atoms with Crippen molar-refractivity contribution < 1.29 is 9.53 Å². The van der Waals surface area contributed by atoms with Crippen molar-refractivity contribution >= 4 is 5.91 Å². The number of ether oxygens (including phenoxy) is 1. The summed E-state index contributed by atoms with van der Waals surface area (Å²) in [4.78, 5) is 13.8. The number of nitrogens with one attached hydrogen (secondary N) is 1. The summed E-state index contributed by atoms with van der Waals surface area (Å²) < 4.78 is 5.42. The van der Waals surface area contributed by atoms with Crippen LogP contribution in [0, 0.1) is 5.92 Å². The summed E-state index contributed by atoms with van der Waals surface area (Å²) in [6.45, 7) is 9.55. The highest BCUT2D eigenvalue weighted by Crippen LogP contribution is 2.17. The Kier molecular flexibility index (Phi) is 7.23. The number of hydrogen-bond acceptors (Lipinski definition) is 4. The van der Waals surface area contributed by atoms with Gasteiger partial charge >= 0.3 is 0 Å². The third-order valence-corrected chi connectivity index (χ3v) is 3.66. The van der Waals surface area contributed by atoms with Gasteiger partial charge in [0.15, 0.2) is 0 Å². The van der Waals surface area contributed by atoms with E-state index >= 15 is 0 Å². The van der Waals surface area contributed by atoms with Gasteiger partial charge < -0.3 is 20.7 Å². The molecule has 1 heterocycles. The molecule has 1 fully saturated rings. The van der Waals surface area contributed by atoms with Crippen molar-refractivity contribution in [3.05, 3.63) is 0 Å². The summed E-state index contributed by atoms with van der Waals surface area (Å²) >= 11 is 0. The molecule has 1 amide bonds. The molecule has 0 spiro atoms. The van der Waals surface area contributed by atoms with Crippen LogP contribution in [0.5, 0.6) is 0 Å². The number of carbonyl (C=O) groups is 1. The lowest BCUT2D eigenvalue weighted by Gasteiger charge is -2.29. The number of amides is 1. The minimum Gasteiger partial charge on any atom is -0.381 e. The highest BCUT2D eigenvalue weighted by atomic mass is 16.5. The number of nitrogens with two attached hydrogens (primary N) is 1. The van der Waals surface area contributed by atoms with Gasteiger partial charge in [0.2, 0.25) is 5.91 Å². The number of carbonyl (C=O) groups excluding carboxylic acids is 1. The second-order valence-corrected chi connectivity index (χ2v) is 4.84. The van der Waals surface area contributed by atoms with Crippen molar-refractivity contribution in [1.82, 2.24) is 10.2 Å². The van der Waals surface area contributed by atoms with E-state index in [4.69, 9.17) is 10.5 Å². The Bertz CT molecular complexity index is 238. The lowest BCUT2D eigenvalue weighted by molar-refractivity contribution is -0.122. The zero-order valence-corrected chi connectivity index (χ0v) is 11.7. The first-order valence-electron chi connectivity index (χ1n) is 7.01. The Balaban J connectivity index is 2.35. The van der Waals surface area contributed by atoms with E-state index < -0.39 is 0 Å². The number of nitrogens with zero attached hydrogens (tertiary/aromatic N) is 1. The molecule has 2 unspecified atom stereocenters. The molecule has 0 saturated carbocycles. The molecule has 1 rings (SSSR count). The quantitative estimate of drug-likeness (QED) is 0.652. The zero-order valence-electron chi connectivity index (χ0n) is 11.7. The molecule has 1 saturated heterocycles. The van der Waals surface area contributed by atoms with Gasteiger partial charge in [0.25, 0.3) is 0 Å². The van der Waals surface area contributed by atoms with Gasteiger partial charge in [-0.2, -0.15) is 0 Å². The van der Waals surface area contributed by atoms with Crippen molar-refractivity contribution in [3.8, 4) is 0 Å². The second kappa shape index (κ2) is 8.45. The number of primary amides is 1. The van der Waals surface area contributed by atoms with Crippen molar-refractivity contribution in [2.75, 3.05) is 39.4 Å². The van der Waals surface area contributed by atoms with Crippen LogP contribution >= 0.6 is 0 Å². The highest BCUT2D eigenvalue weighted by Gasteiger charge is 2.27. The first-order chi connectivity index (χ1) is 8.69. The lowest BCUT2D eigenvalue weighted by atomic mass is 9.93. The Labute approximate surface area is 110 Å². The van der Waals surface area contributed by atoms with Crippen LogP contribution in [0.15, 0.2) is 0 Å². The predicted octanol–water partition coefficient (Wildman–Crippen LogP) is 0.198. The van der Waals surface area contributed by atoms with Crippen LogP contribution in [0.1, 0.15) is 26.7 Å². The smallest absolute Gasteiger partial charge is 0.234 e. The minimum absolute atomic E-state index is 0.230. The maximum Gasteiger partial charge on any atom is 0.234 e. The topological polar surface area (TPSA) is 67.6 Å². The summed E-state index contributed by atoms with van der Waals surface area (Å²) in [7, 11) is 0. The third-order valence-electron chi connectivity index (χ3n) is 3.66. The average Bonchev–Trinajstić information content (AvgIpc) is 2.39. The molecule has 1 aliphatic heterocycles. The lowest BCUT2D eigenvalue weighted by Crippen LogP contribution is -2.50. The SMILES string of the molecule is CCN(CC)CCNC(C(N)=O)C1CCCOC1. The molecule has 0 aromatic heterocycles. The van der Waals surface area contributed by atoms with Gasteiger partial charge in [-0.05, 0) is 25.9 Å². The first kappa shape index (κ1) is 15.4. The molecule has 5 nitrogen and oxygen atoms in total. The molecule has 3 N–H and O–H groups in total. The molecule has 2 atom stereocenters. The maximum atomic E-state index is 11.5. The largest absolute Gasteiger partial charge is 0.381 e. The molecule has 1 aliphatic rings. The molecule has 0 aromatic carbocycles. The molecule has 0 bridgehead atoms. The van der Waals surface area contributed by atoms with E-state index in [-0.39, 0.29) is 17.9 Å². The zero-order chi connectivity index (χ0) is 13.4. The van der Waals surface area contributed by atoms with Gasteiger partial charge in [0, 0.05) is 25.6 Å². The summed E-state index contributed by atoms with van der Waals surface area (Å²) in [6, 6.07) is -0.249. The molecular weight excluding hydrogens is 230 g/mol. The van der Waals surface area contributed by atoms with Crippen LogP contribution < -0.4 is 11.1 Å². The summed E-state index contributed by atoms with van der Waals surface area (Å²) in [5, 5.41) is 3.29. The predicted molar refractivity (Wildman–Crippen MR) is 72.3 cm³/mol. The van der Waals surface area contributed by atoms with Crippen LogP contribution in [0.2, 0.25) is 0 Å². The van der Waals surface area contributed by atoms with E-state index in [0.29, 0.717) is 6.61 Å². The Morgan fingerprint density at radius 1 is 1.50 bits per heavy atom. The van der Waals surface area contributed by atoms with Crippen molar-refractivity contribution in [2.24, 2.45) is 11.7 Å². The second-order valence-electron chi connectivity index (χ2n) is 4.84. The van der Waals surface area contributed by atoms with E-state index in [0.717, 1.165) is 45.6 Å². The molecule has 18 heavy (non-hydrogen) atoms. The fourth-order valence-corrected chi connectivity index (χ4v) is 2.45. The molecular formula is C13H27N3O2. The molecule has 0 aromatic rings. The van der Waals surface area contributed by atoms with Gasteiger partial charge in [-0.15, -0.1) is 0 Å². The number of hydrogen-bond donors (Lipinski definition) is 2. The van der Waals surface area contributed by atoms with Gasteiger partial charge in [-0.1, -0.05) is 13.8 Å². The summed E-state index contributed by atoms with van der Waals surface area (Å²) in [5.74, 6) is -0.0296. The molecule has 0 radical (unpaired) electrons. The van der Waals surface area contributed by atoms with Gasteiger partial charge in [0.05, 0.1) is 12.6 Å². The number of likely N-dealkylation sites (N-methyl/N-ethyl adjacent to an activating group) is 1. The van der Waals surface area contributed by atoms with E-state index in [1.165, 1.54) is 0 Å². The fraction of sp³-hybridized carbons (Fsp3) is 0.923. The molecule has 5 heteroatoms. The fourth-order valence-electron chi connectivity index (χ4n) is 2.45. The average molecular weight is 257 g/mol. The summed E-state index contributed by atoms with van der Waals surface area (Å²) in [6.07, 6.45) is 2.04. The minimum atomic E-state index is -0.259. The van der Waals surface area contributed by atoms with Crippen molar-refractivity contribution in [3.63, 3.8) is 0 Å². The standard InChI is InChI=1S/C13H27N3O2/c1-3-16(4-2)8-7-15-12(13(14)17)11-6-5-9-18-10-11/h11-12,15H,3-10H2,1-2H3,(H2,14,17). The van der Waals surface area contributed by atoms with Crippen LogP contribution in [-0.4, -0.2) is 56.2 Å². The maximum absolute atomic E-state index is 11.5. The Morgan fingerprint density at radius 3 is 2.72 bits per heavy atom. The van der Waals surface area contributed by atoms with E-state index in [2.05, 4.69) is 24.1 Å². The molecule has 106 valence electrons. The van der Waals surface area contributed by atoms with Crippen LogP contribution in [0.3, 0.4) is 0 Å². The van der Waals surface area contributed by atoms with Crippen LogP contribution in [0.25, 0.3) is 0 Å². The van der Waals surface area contributed by atoms with Crippen LogP contribution in [0.4, 0.5) is 0 Å². The Hall–Kier alpha value is -0.650. The first-order valence-corrected chi connectivity index (χ1v) is 7.01. The van der Waals surface area contributed by atoms with E-state index in [1.807, 2.05) is 0 Å². The van der Waals surface area contributed by atoms with E-state index in [1.54, 1.807) is 0 Å². The van der Waals surface area contributed by atoms with Gasteiger partial charge in [0.1, 0.15) is 0 Å². The van der Waals surface area contributed by atoms with E-state index in [9.17, 15) is 4.79 Å². The monoisotopic (exact) mass is 257 g/mol. The molecule has 0 aliphatic carbocycles. The van der Waals surface area contributed by atoms with Crippen molar-refractivity contribution in [1.29, 1.82) is 0 Å². The Morgan fingerprint density at radius 2 is 2.22 bits per heavy atom. The summed E-state index contributed by atoms with van der Waals surface area (Å²) in [5.41, 5.74) is 5.48. The normalized spacial score (nSPS) is 22.1. The highest BCUT2D eigenvalue weighted by molar-refractivity contribution is 5.80. The van der Waals surface area contributed by atoms with Crippen LogP contribution in [-0.2, 0) is 9.53 Å². The van der Waals surface area contributed by atoms with Gasteiger partial charge in [-0.3, -0.25) is 4.79 Å².